The van der Waals surface area contributed by atoms with Gasteiger partial charge in [0.2, 0.25) is 0 Å². The van der Waals surface area contributed by atoms with Crippen LogP contribution in [0.4, 0.5) is 0 Å². The van der Waals surface area contributed by atoms with Gasteiger partial charge in [-0.3, -0.25) is 0 Å². The normalized spacial score (nSPS) is 11.7. The monoisotopic (exact) mass is 293 g/mol. The minimum Gasteiger partial charge on any atom is -0.328 e. The van der Waals surface area contributed by atoms with Crippen molar-refractivity contribution in [1.29, 1.82) is 0 Å². The third-order valence-corrected chi connectivity index (χ3v) is 3.80. The number of rotatable bonds is 7. The molecule has 3 nitrogen and oxygen atoms in total. The maximum atomic E-state index is 5.92. The highest BCUT2D eigenvalue weighted by Crippen LogP contribution is 2.21. The van der Waals surface area contributed by atoms with Crippen LogP contribution in [-0.2, 0) is 13.0 Å². The lowest BCUT2D eigenvalue weighted by Crippen LogP contribution is -2.14. The van der Waals surface area contributed by atoms with Crippen LogP contribution in [0.15, 0.2) is 18.2 Å². The minimum absolute atomic E-state index is 0.625. The van der Waals surface area contributed by atoms with Crippen molar-refractivity contribution in [1.82, 2.24) is 14.5 Å². The smallest absolute Gasteiger partial charge is 0.111 e. The Hall–Kier alpha value is -1.06. The van der Waals surface area contributed by atoms with Crippen LogP contribution in [0.3, 0.4) is 0 Å². The molecule has 4 heteroatoms. The Morgan fingerprint density at radius 1 is 1.25 bits per heavy atom. The number of fused-ring (bicyclic) bond motifs is 1. The maximum Gasteiger partial charge on any atom is 0.111 e. The summed E-state index contributed by atoms with van der Waals surface area (Å²) in [6.45, 7) is 4.28. The van der Waals surface area contributed by atoms with Crippen LogP contribution >= 0.6 is 11.6 Å². The first-order valence-electron chi connectivity index (χ1n) is 7.29. The van der Waals surface area contributed by atoms with Gasteiger partial charge in [-0.05, 0) is 52.0 Å². The molecule has 1 aromatic heterocycles. The van der Waals surface area contributed by atoms with Crippen molar-refractivity contribution >= 4 is 22.6 Å². The van der Waals surface area contributed by atoms with E-state index in [4.69, 9.17) is 16.6 Å². The van der Waals surface area contributed by atoms with E-state index in [2.05, 4.69) is 48.7 Å². The molecule has 0 aliphatic heterocycles. The van der Waals surface area contributed by atoms with Crippen LogP contribution in [-0.4, -0.2) is 41.0 Å². The zero-order chi connectivity index (χ0) is 14.5. The number of aromatic nitrogens is 2. The molecule has 0 saturated heterocycles. The van der Waals surface area contributed by atoms with Gasteiger partial charge in [-0.25, -0.2) is 4.98 Å². The van der Waals surface area contributed by atoms with E-state index >= 15 is 0 Å². The molecule has 0 aliphatic rings. The summed E-state index contributed by atoms with van der Waals surface area (Å²) in [5.41, 5.74) is 3.61. The van der Waals surface area contributed by atoms with Crippen molar-refractivity contribution in [3.8, 4) is 0 Å². The second-order valence-electron chi connectivity index (χ2n) is 5.57. The van der Waals surface area contributed by atoms with Crippen molar-refractivity contribution in [2.75, 3.05) is 26.5 Å². The molecule has 0 N–H and O–H groups in total. The second kappa shape index (κ2) is 7.09. The van der Waals surface area contributed by atoms with Gasteiger partial charge in [0.25, 0.3) is 0 Å². The van der Waals surface area contributed by atoms with Gasteiger partial charge in [-0.1, -0.05) is 12.1 Å². The van der Waals surface area contributed by atoms with E-state index < -0.39 is 0 Å². The number of hydrogen-bond acceptors (Lipinski definition) is 2. The number of hydrogen-bond donors (Lipinski definition) is 0. The summed E-state index contributed by atoms with van der Waals surface area (Å²) in [6.07, 6.45) is 3.22. The summed E-state index contributed by atoms with van der Waals surface area (Å²) in [5, 5.41) is 0. The lowest BCUT2D eigenvalue weighted by atomic mass is 10.2. The van der Waals surface area contributed by atoms with E-state index in [9.17, 15) is 0 Å². The molecular formula is C16H24ClN3. The maximum absolute atomic E-state index is 5.92. The number of aryl methyl sites for hydroxylation is 3. The minimum atomic E-state index is 0.625. The standard InChI is InChI=1S/C16H24ClN3/c1-13-7-6-8-14-16(13)18-15(9-10-17)20(14)12-5-4-11-19(2)3/h6-8H,4-5,9-12H2,1-3H3. The first-order valence-corrected chi connectivity index (χ1v) is 7.82. The third-order valence-electron chi connectivity index (χ3n) is 3.61. The Morgan fingerprint density at radius 3 is 2.75 bits per heavy atom. The molecule has 110 valence electrons. The molecule has 0 saturated carbocycles. The molecule has 0 aliphatic carbocycles. The van der Waals surface area contributed by atoms with Crippen LogP contribution in [0.5, 0.6) is 0 Å². The van der Waals surface area contributed by atoms with Gasteiger partial charge in [0.05, 0.1) is 11.0 Å². The van der Waals surface area contributed by atoms with Gasteiger partial charge in [0.1, 0.15) is 5.82 Å². The highest BCUT2D eigenvalue weighted by Gasteiger charge is 2.11. The molecule has 0 amide bonds. The van der Waals surface area contributed by atoms with Crippen LogP contribution in [0.1, 0.15) is 24.2 Å². The highest BCUT2D eigenvalue weighted by molar-refractivity contribution is 6.17. The second-order valence-corrected chi connectivity index (χ2v) is 5.95. The Labute approximate surface area is 126 Å². The van der Waals surface area contributed by atoms with Gasteiger partial charge in [-0.15, -0.1) is 11.6 Å². The van der Waals surface area contributed by atoms with Crippen LogP contribution < -0.4 is 0 Å². The van der Waals surface area contributed by atoms with E-state index in [0.29, 0.717) is 5.88 Å². The van der Waals surface area contributed by atoms with Crippen molar-refractivity contribution in [2.45, 2.75) is 32.7 Å². The van der Waals surface area contributed by atoms with E-state index in [0.717, 1.165) is 30.9 Å². The molecule has 2 aromatic rings. The fourth-order valence-corrected chi connectivity index (χ4v) is 2.73. The van der Waals surface area contributed by atoms with Gasteiger partial charge in [-0.2, -0.15) is 0 Å². The lowest BCUT2D eigenvalue weighted by Gasteiger charge is -2.11. The topological polar surface area (TPSA) is 21.1 Å². The Bertz CT molecular complexity index is 560. The molecular weight excluding hydrogens is 270 g/mol. The SMILES string of the molecule is Cc1cccc2c1nc(CCCl)n2CCCCN(C)C. The number of nitrogens with zero attached hydrogens (tertiary/aromatic N) is 3. The van der Waals surface area contributed by atoms with E-state index in [-0.39, 0.29) is 0 Å². The Kier molecular flexibility index (Phi) is 5.44. The van der Waals surface area contributed by atoms with Gasteiger partial charge < -0.3 is 9.47 Å². The fraction of sp³-hybridized carbons (Fsp3) is 0.562. The number of para-hydroxylation sites is 1. The first kappa shape index (κ1) is 15.3. The fourth-order valence-electron chi connectivity index (χ4n) is 2.56. The first-order chi connectivity index (χ1) is 9.63. The van der Waals surface area contributed by atoms with E-state index in [1.54, 1.807) is 0 Å². The number of unbranched alkanes of at least 4 members (excludes halogenated alkanes) is 1. The van der Waals surface area contributed by atoms with Gasteiger partial charge >= 0.3 is 0 Å². The molecule has 1 heterocycles. The van der Waals surface area contributed by atoms with E-state index in [1.807, 2.05) is 0 Å². The highest BCUT2D eigenvalue weighted by atomic mass is 35.5. The number of alkyl halides is 1. The molecule has 0 unspecified atom stereocenters. The molecule has 0 spiro atoms. The van der Waals surface area contributed by atoms with Crippen LogP contribution in [0, 0.1) is 6.92 Å². The Morgan fingerprint density at radius 2 is 2.05 bits per heavy atom. The molecule has 1 aromatic carbocycles. The van der Waals surface area contributed by atoms with E-state index in [1.165, 1.54) is 23.9 Å². The molecule has 0 atom stereocenters. The Balaban J connectivity index is 2.20. The number of halogens is 1. The van der Waals surface area contributed by atoms with Gasteiger partial charge in [0, 0.05) is 18.8 Å². The van der Waals surface area contributed by atoms with Crippen LogP contribution in [0.25, 0.3) is 11.0 Å². The zero-order valence-corrected chi connectivity index (χ0v) is 13.5. The summed E-state index contributed by atoms with van der Waals surface area (Å²) in [4.78, 5) is 7.02. The summed E-state index contributed by atoms with van der Waals surface area (Å²) in [7, 11) is 4.24. The summed E-state index contributed by atoms with van der Waals surface area (Å²) >= 11 is 5.92. The van der Waals surface area contributed by atoms with Crippen molar-refractivity contribution in [3.63, 3.8) is 0 Å². The average molecular weight is 294 g/mol. The molecule has 0 fully saturated rings. The lowest BCUT2D eigenvalue weighted by molar-refractivity contribution is 0.387. The van der Waals surface area contributed by atoms with Crippen LogP contribution in [0.2, 0.25) is 0 Å². The number of imidazole rings is 1. The predicted molar refractivity (Wildman–Crippen MR) is 86.7 cm³/mol. The van der Waals surface area contributed by atoms with Gasteiger partial charge in [0.15, 0.2) is 0 Å². The molecule has 20 heavy (non-hydrogen) atoms. The third kappa shape index (κ3) is 3.53. The summed E-state index contributed by atoms with van der Waals surface area (Å²) in [5.74, 6) is 1.74. The zero-order valence-electron chi connectivity index (χ0n) is 12.7. The average Bonchev–Trinajstić information content (AvgIpc) is 2.75. The molecule has 0 bridgehead atoms. The van der Waals surface area contributed by atoms with Crippen molar-refractivity contribution < 1.29 is 0 Å². The molecule has 2 rings (SSSR count). The van der Waals surface area contributed by atoms with Crippen molar-refractivity contribution in [2.24, 2.45) is 0 Å². The predicted octanol–water partition coefficient (Wildman–Crippen LogP) is 3.47. The molecule has 0 radical (unpaired) electrons. The summed E-state index contributed by atoms with van der Waals surface area (Å²) < 4.78 is 2.35. The number of benzene rings is 1. The largest absolute Gasteiger partial charge is 0.328 e. The quantitative estimate of drug-likeness (QED) is 0.576. The summed E-state index contributed by atoms with van der Waals surface area (Å²) in [6, 6.07) is 6.40. The van der Waals surface area contributed by atoms with Crippen molar-refractivity contribution in [3.05, 3.63) is 29.6 Å².